The molecule has 1 heterocycles. The maximum absolute atomic E-state index is 12.6. The number of methoxy groups -OCH3 is 1. The fraction of sp³-hybridized carbons (Fsp3) is 0.286. The number of thiazole rings is 1. The SMILES string of the molecule is COc1ccc(C(=O)Nc2ccc3nc(SCc4c(C)cc(C(C)(C)C)cc4C)sc3c2)cc1. The Hall–Kier alpha value is -2.83. The van der Waals surface area contributed by atoms with Crippen molar-refractivity contribution in [2.45, 2.75) is 50.1 Å². The minimum absolute atomic E-state index is 0.147. The predicted molar refractivity (Wildman–Crippen MR) is 145 cm³/mol. The first kappa shape index (κ1) is 24.3. The molecule has 0 atom stereocenters. The van der Waals surface area contributed by atoms with Crippen molar-refractivity contribution >= 4 is 44.9 Å². The van der Waals surface area contributed by atoms with Crippen LogP contribution >= 0.6 is 23.1 Å². The number of hydrogen-bond donors (Lipinski definition) is 1. The monoisotopic (exact) mass is 490 g/mol. The molecule has 4 aromatic rings. The summed E-state index contributed by atoms with van der Waals surface area (Å²) in [7, 11) is 1.61. The van der Waals surface area contributed by atoms with Crippen LogP contribution in [0.4, 0.5) is 5.69 Å². The number of nitrogens with one attached hydrogen (secondary N) is 1. The Bertz CT molecular complexity index is 1310. The molecule has 1 N–H and O–H groups in total. The summed E-state index contributed by atoms with van der Waals surface area (Å²) in [5.41, 5.74) is 7.87. The number of hydrogen-bond acceptors (Lipinski definition) is 5. The highest BCUT2D eigenvalue weighted by molar-refractivity contribution is 8.00. The highest BCUT2D eigenvalue weighted by Gasteiger charge is 2.17. The van der Waals surface area contributed by atoms with E-state index in [1.807, 2.05) is 18.2 Å². The fourth-order valence-electron chi connectivity index (χ4n) is 3.78. The Labute approximate surface area is 209 Å². The number of rotatable bonds is 6. The molecule has 1 amide bonds. The summed E-state index contributed by atoms with van der Waals surface area (Å²) in [6.07, 6.45) is 0. The van der Waals surface area contributed by atoms with Crippen molar-refractivity contribution < 1.29 is 9.53 Å². The maximum Gasteiger partial charge on any atom is 0.255 e. The number of benzene rings is 3. The summed E-state index contributed by atoms with van der Waals surface area (Å²) in [6, 6.07) is 17.6. The summed E-state index contributed by atoms with van der Waals surface area (Å²) in [5, 5.41) is 2.98. The average molecular weight is 491 g/mol. The predicted octanol–water partition coefficient (Wildman–Crippen LogP) is 7.76. The number of aromatic nitrogens is 1. The molecule has 0 fully saturated rings. The zero-order chi connectivity index (χ0) is 24.5. The number of carbonyl (C=O) groups is 1. The molecule has 0 bridgehead atoms. The molecule has 176 valence electrons. The Morgan fingerprint density at radius 3 is 2.32 bits per heavy atom. The average Bonchev–Trinajstić information content (AvgIpc) is 3.20. The number of nitrogens with zero attached hydrogens (tertiary/aromatic N) is 1. The molecule has 4 rings (SSSR count). The lowest BCUT2D eigenvalue weighted by Crippen LogP contribution is -2.12. The molecule has 34 heavy (non-hydrogen) atoms. The summed E-state index contributed by atoms with van der Waals surface area (Å²) in [4.78, 5) is 17.4. The molecule has 3 aromatic carbocycles. The van der Waals surface area contributed by atoms with E-state index in [4.69, 9.17) is 9.72 Å². The molecule has 0 aliphatic carbocycles. The molecule has 0 spiro atoms. The number of anilines is 1. The number of aryl methyl sites for hydroxylation is 2. The molecule has 0 aliphatic heterocycles. The maximum atomic E-state index is 12.6. The van der Waals surface area contributed by atoms with Crippen LogP contribution in [0.2, 0.25) is 0 Å². The lowest BCUT2D eigenvalue weighted by molar-refractivity contribution is 0.102. The standard InChI is InChI=1S/C28H30N2O2S2/c1-17-13-20(28(3,4)5)14-18(2)23(17)16-33-27-30-24-12-9-21(15-25(24)34-27)29-26(31)19-7-10-22(32-6)11-8-19/h7-15H,16H2,1-6H3,(H,29,31). The van der Waals surface area contributed by atoms with Crippen LogP contribution in [-0.4, -0.2) is 18.0 Å². The Morgan fingerprint density at radius 1 is 1.03 bits per heavy atom. The molecule has 6 heteroatoms. The second kappa shape index (κ2) is 9.80. The highest BCUT2D eigenvalue weighted by atomic mass is 32.2. The second-order valence-corrected chi connectivity index (χ2v) is 11.7. The van der Waals surface area contributed by atoms with E-state index in [0.29, 0.717) is 5.56 Å². The van der Waals surface area contributed by atoms with Crippen molar-refractivity contribution in [1.82, 2.24) is 4.98 Å². The van der Waals surface area contributed by atoms with Gasteiger partial charge in [-0.05, 0) is 84.0 Å². The largest absolute Gasteiger partial charge is 0.497 e. The van der Waals surface area contributed by atoms with Gasteiger partial charge in [-0.15, -0.1) is 11.3 Å². The van der Waals surface area contributed by atoms with Crippen LogP contribution in [0.1, 0.15) is 53.4 Å². The van der Waals surface area contributed by atoms with Gasteiger partial charge in [0, 0.05) is 17.0 Å². The van der Waals surface area contributed by atoms with E-state index < -0.39 is 0 Å². The van der Waals surface area contributed by atoms with Gasteiger partial charge in [0.2, 0.25) is 0 Å². The summed E-state index contributed by atoms with van der Waals surface area (Å²) in [5.74, 6) is 1.47. The molecular formula is C28H30N2O2S2. The number of carbonyl (C=O) groups excluding carboxylic acids is 1. The first-order valence-corrected chi connectivity index (χ1v) is 13.0. The summed E-state index contributed by atoms with van der Waals surface area (Å²) >= 11 is 3.43. The second-order valence-electron chi connectivity index (χ2n) is 9.47. The first-order valence-electron chi connectivity index (χ1n) is 11.2. The smallest absolute Gasteiger partial charge is 0.255 e. The molecule has 0 saturated heterocycles. The van der Waals surface area contributed by atoms with Gasteiger partial charge in [0.1, 0.15) is 5.75 Å². The van der Waals surface area contributed by atoms with Gasteiger partial charge in [-0.3, -0.25) is 4.79 Å². The van der Waals surface area contributed by atoms with Gasteiger partial charge in [-0.2, -0.15) is 0 Å². The number of amides is 1. The van der Waals surface area contributed by atoms with Crippen molar-refractivity contribution in [1.29, 1.82) is 0 Å². The van der Waals surface area contributed by atoms with Crippen LogP contribution in [0.5, 0.6) is 5.75 Å². The molecule has 0 aliphatic rings. The minimum Gasteiger partial charge on any atom is -0.497 e. The molecule has 0 saturated carbocycles. The third-order valence-electron chi connectivity index (χ3n) is 5.88. The van der Waals surface area contributed by atoms with Gasteiger partial charge in [0.15, 0.2) is 4.34 Å². The van der Waals surface area contributed by atoms with Crippen LogP contribution in [0, 0.1) is 13.8 Å². The van der Waals surface area contributed by atoms with Crippen LogP contribution in [0.15, 0.2) is 58.9 Å². The van der Waals surface area contributed by atoms with Gasteiger partial charge >= 0.3 is 0 Å². The topological polar surface area (TPSA) is 51.2 Å². The fourth-order valence-corrected chi connectivity index (χ4v) is 6.08. The van der Waals surface area contributed by atoms with Crippen LogP contribution in [0.3, 0.4) is 0 Å². The van der Waals surface area contributed by atoms with Crippen LogP contribution in [-0.2, 0) is 11.2 Å². The van der Waals surface area contributed by atoms with E-state index in [1.54, 1.807) is 54.5 Å². The third kappa shape index (κ3) is 5.45. The van der Waals surface area contributed by atoms with Gasteiger partial charge in [-0.1, -0.05) is 44.7 Å². The molecule has 1 aromatic heterocycles. The lowest BCUT2D eigenvalue weighted by atomic mass is 9.84. The number of thioether (sulfide) groups is 1. The number of fused-ring (bicyclic) bond motifs is 1. The van der Waals surface area contributed by atoms with Gasteiger partial charge in [0.25, 0.3) is 5.91 Å². The molecule has 4 nitrogen and oxygen atoms in total. The van der Waals surface area contributed by atoms with E-state index in [9.17, 15) is 4.79 Å². The lowest BCUT2D eigenvalue weighted by Gasteiger charge is -2.22. The van der Waals surface area contributed by atoms with Crippen molar-refractivity contribution in [3.8, 4) is 5.75 Å². The van der Waals surface area contributed by atoms with E-state index in [2.05, 4.69) is 52.1 Å². The Morgan fingerprint density at radius 2 is 1.71 bits per heavy atom. The molecule has 0 radical (unpaired) electrons. The van der Waals surface area contributed by atoms with E-state index in [1.165, 1.54) is 22.3 Å². The summed E-state index contributed by atoms with van der Waals surface area (Å²) < 4.78 is 7.25. The molecule has 0 unspecified atom stereocenters. The van der Waals surface area contributed by atoms with Gasteiger partial charge in [0.05, 0.1) is 17.3 Å². The zero-order valence-corrected chi connectivity index (χ0v) is 22.1. The van der Waals surface area contributed by atoms with E-state index in [0.717, 1.165) is 31.7 Å². The van der Waals surface area contributed by atoms with Crippen LogP contribution in [0.25, 0.3) is 10.2 Å². The van der Waals surface area contributed by atoms with Crippen molar-refractivity contribution in [3.63, 3.8) is 0 Å². The Kier molecular flexibility index (Phi) is 7.01. The van der Waals surface area contributed by atoms with Crippen molar-refractivity contribution in [3.05, 3.63) is 82.4 Å². The van der Waals surface area contributed by atoms with Gasteiger partial charge < -0.3 is 10.1 Å². The van der Waals surface area contributed by atoms with Crippen molar-refractivity contribution in [2.24, 2.45) is 0 Å². The zero-order valence-electron chi connectivity index (χ0n) is 20.5. The molecular weight excluding hydrogens is 460 g/mol. The Balaban J connectivity index is 1.47. The summed E-state index contributed by atoms with van der Waals surface area (Å²) in [6.45, 7) is 11.2. The third-order valence-corrected chi connectivity index (χ3v) is 8.07. The van der Waals surface area contributed by atoms with Crippen molar-refractivity contribution in [2.75, 3.05) is 12.4 Å². The van der Waals surface area contributed by atoms with E-state index in [-0.39, 0.29) is 11.3 Å². The highest BCUT2D eigenvalue weighted by Crippen LogP contribution is 2.35. The number of ether oxygens (including phenoxy) is 1. The van der Waals surface area contributed by atoms with Gasteiger partial charge in [-0.25, -0.2) is 4.98 Å². The quantitative estimate of drug-likeness (QED) is 0.281. The minimum atomic E-state index is -0.147. The first-order chi connectivity index (χ1) is 16.1. The normalized spacial score (nSPS) is 11.6. The van der Waals surface area contributed by atoms with E-state index >= 15 is 0 Å². The van der Waals surface area contributed by atoms with Crippen LogP contribution < -0.4 is 10.1 Å².